The normalized spacial score (nSPS) is 28.8. The molecule has 0 bridgehead atoms. The van der Waals surface area contributed by atoms with E-state index in [1.54, 1.807) is 7.05 Å². The summed E-state index contributed by atoms with van der Waals surface area (Å²) in [5, 5.41) is 3.10. The summed E-state index contributed by atoms with van der Waals surface area (Å²) in [5.41, 5.74) is -0.937. The largest absolute Gasteiger partial charge is 0.352 e. The third-order valence-corrected chi connectivity index (χ3v) is 7.61. The van der Waals surface area contributed by atoms with Crippen molar-refractivity contribution in [2.75, 3.05) is 18.6 Å². The Hall–Kier alpha value is -1.11. The van der Waals surface area contributed by atoms with E-state index in [2.05, 4.69) is 5.32 Å². The first-order valence-electron chi connectivity index (χ1n) is 9.13. The molecule has 136 valence electrons. The molecule has 3 fully saturated rings. The van der Waals surface area contributed by atoms with Crippen LogP contribution in [0, 0.1) is 5.41 Å². The molecule has 2 amide bonds. The van der Waals surface area contributed by atoms with Crippen molar-refractivity contribution in [3.05, 3.63) is 0 Å². The first kappa shape index (κ1) is 17.7. The summed E-state index contributed by atoms with van der Waals surface area (Å²) in [6, 6.07) is -0.104. The summed E-state index contributed by atoms with van der Waals surface area (Å²) < 4.78 is 23.3. The van der Waals surface area contributed by atoms with Crippen molar-refractivity contribution in [2.45, 2.75) is 69.9 Å². The molecule has 0 aromatic heterocycles. The molecule has 3 rings (SSSR count). The zero-order valence-electron chi connectivity index (χ0n) is 14.4. The van der Waals surface area contributed by atoms with Crippen LogP contribution in [0.5, 0.6) is 0 Å². The summed E-state index contributed by atoms with van der Waals surface area (Å²) in [6.45, 7) is 0. The molecule has 1 atom stereocenters. The van der Waals surface area contributed by atoms with Crippen LogP contribution in [-0.4, -0.2) is 55.8 Å². The number of hydrogen-bond acceptors (Lipinski definition) is 4. The number of sulfone groups is 1. The SMILES string of the molecule is CN(C(=O)C1(C(=O)NC2CCCCCC2)CC1)C1CCS(=O)(=O)C1. The second-order valence-corrected chi connectivity index (χ2v) is 9.95. The van der Waals surface area contributed by atoms with E-state index in [9.17, 15) is 18.0 Å². The molecular weight excluding hydrogens is 328 g/mol. The van der Waals surface area contributed by atoms with E-state index in [1.165, 1.54) is 17.7 Å². The highest BCUT2D eigenvalue weighted by Crippen LogP contribution is 2.48. The van der Waals surface area contributed by atoms with Gasteiger partial charge in [0.05, 0.1) is 11.5 Å². The third kappa shape index (κ3) is 3.60. The Labute approximate surface area is 144 Å². The number of carbonyl (C=O) groups excluding carboxylic acids is 2. The summed E-state index contributed by atoms with van der Waals surface area (Å²) in [5.74, 6) is -0.186. The quantitative estimate of drug-likeness (QED) is 0.607. The van der Waals surface area contributed by atoms with Crippen molar-refractivity contribution in [1.82, 2.24) is 10.2 Å². The molecule has 0 spiro atoms. The van der Waals surface area contributed by atoms with Crippen LogP contribution in [0.25, 0.3) is 0 Å². The maximum Gasteiger partial charge on any atom is 0.238 e. The zero-order valence-corrected chi connectivity index (χ0v) is 15.2. The predicted molar refractivity (Wildman–Crippen MR) is 91.1 cm³/mol. The molecule has 6 nitrogen and oxygen atoms in total. The lowest BCUT2D eigenvalue weighted by atomic mass is 10.0. The van der Waals surface area contributed by atoms with E-state index in [0.29, 0.717) is 19.3 Å². The van der Waals surface area contributed by atoms with Crippen molar-refractivity contribution in [2.24, 2.45) is 5.41 Å². The van der Waals surface area contributed by atoms with Gasteiger partial charge in [-0.25, -0.2) is 8.42 Å². The number of nitrogens with zero attached hydrogens (tertiary/aromatic N) is 1. The number of carbonyl (C=O) groups is 2. The minimum Gasteiger partial charge on any atom is -0.352 e. The fourth-order valence-electron chi connectivity index (χ4n) is 3.99. The van der Waals surface area contributed by atoms with Gasteiger partial charge >= 0.3 is 0 Å². The fraction of sp³-hybridized carbons (Fsp3) is 0.882. The smallest absolute Gasteiger partial charge is 0.238 e. The topological polar surface area (TPSA) is 83.6 Å². The van der Waals surface area contributed by atoms with Gasteiger partial charge in [-0.15, -0.1) is 0 Å². The second kappa shape index (κ2) is 6.65. The lowest BCUT2D eigenvalue weighted by Gasteiger charge is -2.28. The highest BCUT2D eigenvalue weighted by Gasteiger charge is 2.58. The van der Waals surface area contributed by atoms with Gasteiger partial charge in [0.1, 0.15) is 5.41 Å². The van der Waals surface area contributed by atoms with E-state index in [4.69, 9.17) is 0 Å². The third-order valence-electron chi connectivity index (χ3n) is 5.86. The zero-order chi connectivity index (χ0) is 17.4. The second-order valence-electron chi connectivity index (χ2n) is 7.72. The Morgan fingerprint density at radius 3 is 2.17 bits per heavy atom. The molecule has 3 aliphatic rings. The molecule has 0 aromatic rings. The van der Waals surface area contributed by atoms with Crippen LogP contribution in [0.4, 0.5) is 0 Å². The predicted octanol–water partition coefficient (Wildman–Crippen LogP) is 1.25. The number of hydrogen-bond donors (Lipinski definition) is 1. The average molecular weight is 356 g/mol. The maximum atomic E-state index is 12.8. The van der Waals surface area contributed by atoms with E-state index in [-0.39, 0.29) is 35.4 Å². The van der Waals surface area contributed by atoms with Crippen LogP contribution < -0.4 is 5.32 Å². The van der Waals surface area contributed by atoms with Crippen molar-refractivity contribution < 1.29 is 18.0 Å². The van der Waals surface area contributed by atoms with Crippen LogP contribution in [0.3, 0.4) is 0 Å². The molecule has 2 aliphatic carbocycles. The van der Waals surface area contributed by atoms with E-state index in [1.807, 2.05) is 0 Å². The highest BCUT2D eigenvalue weighted by molar-refractivity contribution is 7.91. The van der Waals surface area contributed by atoms with Gasteiger partial charge in [-0.1, -0.05) is 25.7 Å². The van der Waals surface area contributed by atoms with E-state index < -0.39 is 15.3 Å². The molecule has 1 aliphatic heterocycles. The Morgan fingerprint density at radius 2 is 1.67 bits per heavy atom. The molecular formula is C17H28N2O4S. The minimum absolute atomic E-state index is 0.0234. The first-order valence-corrected chi connectivity index (χ1v) is 10.9. The lowest BCUT2D eigenvalue weighted by molar-refractivity contribution is -0.144. The van der Waals surface area contributed by atoms with Gasteiger partial charge < -0.3 is 10.2 Å². The summed E-state index contributed by atoms with van der Waals surface area (Å²) in [7, 11) is -1.39. The Morgan fingerprint density at radius 1 is 1.04 bits per heavy atom. The first-order chi connectivity index (χ1) is 11.3. The highest BCUT2D eigenvalue weighted by atomic mass is 32.2. The Kier molecular flexibility index (Phi) is 4.91. The average Bonchev–Trinajstić information content (AvgIpc) is 3.30. The van der Waals surface area contributed by atoms with Gasteiger partial charge in [-0.2, -0.15) is 0 Å². The Bertz CT molecular complexity index is 604. The van der Waals surface area contributed by atoms with E-state index in [0.717, 1.165) is 25.7 Å². The van der Waals surface area contributed by atoms with Crippen LogP contribution in [0.15, 0.2) is 0 Å². The fourth-order valence-corrected chi connectivity index (χ4v) is 5.77. The van der Waals surface area contributed by atoms with E-state index >= 15 is 0 Å². The van der Waals surface area contributed by atoms with Gasteiger partial charge in [0.15, 0.2) is 9.84 Å². The number of nitrogens with one attached hydrogen (secondary N) is 1. The minimum atomic E-state index is -3.04. The lowest BCUT2D eigenvalue weighted by Crippen LogP contribution is -2.49. The van der Waals surface area contributed by atoms with Crippen LogP contribution in [0.1, 0.15) is 57.8 Å². The standard InChI is InChI=1S/C17H28N2O4S/c1-19(14-8-11-24(22,23)12-14)16(21)17(9-10-17)15(20)18-13-6-4-2-3-5-7-13/h13-14H,2-12H2,1H3,(H,18,20). The van der Waals surface area contributed by atoms with Gasteiger partial charge in [-0.3, -0.25) is 9.59 Å². The molecule has 1 saturated heterocycles. The van der Waals surface area contributed by atoms with Crippen molar-refractivity contribution >= 4 is 21.7 Å². The summed E-state index contributed by atoms with van der Waals surface area (Å²) >= 11 is 0. The Balaban J connectivity index is 1.62. The van der Waals surface area contributed by atoms with Gasteiger partial charge in [-0.05, 0) is 32.1 Å². The molecule has 1 N–H and O–H groups in total. The molecule has 1 heterocycles. The maximum absolute atomic E-state index is 12.8. The van der Waals surface area contributed by atoms with Crippen LogP contribution >= 0.6 is 0 Å². The van der Waals surface area contributed by atoms with Crippen molar-refractivity contribution in [3.8, 4) is 0 Å². The van der Waals surface area contributed by atoms with Gasteiger partial charge in [0.25, 0.3) is 0 Å². The van der Waals surface area contributed by atoms with Crippen molar-refractivity contribution in [1.29, 1.82) is 0 Å². The van der Waals surface area contributed by atoms with Crippen LogP contribution in [0.2, 0.25) is 0 Å². The number of amides is 2. The van der Waals surface area contributed by atoms with Crippen LogP contribution in [-0.2, 0) is 19.4 Å². The molecule has 2 saturated carbocycles. The molecule has 1 unspecified atom stereocenters. The molecule has 7 heteroatoms. The van der Waals surface area contributed by atoms with Gasteiger partial charge in [0, 0.05) is 19.1 Å². The van der Waals surface area contributed by atoms with Gasteiger partial charge in [0.2, 0.25) is 11.8 Å². The monoisotopic (exact) mass is 356 g/mol. The molecule has 0 radical (unpaired) electrons. The molecule has 24 heavy (non-hydrogen) atoms. The molecule has 0 aromatic carbocycles. The summed E-state index contributed by atoms with van der Waals surface area (Å²) in [4.78, 5) is 27.1. The summed E-state index contributed by atoms with van der Waals surface area (Å²) in [6.07, 6.45) is 8.31. The number of rotatable bonds is 4. The van der Waals surface area contributed by atoms with Crippen molar-refractivity contribution in [3.63, 3.8) is 0 Å².